The molecular formula is C68H135NO5. The summed E-state index contributed by atoms with van der Waals surface area (Å²) in [6.45, 7) is 5.00. The first kappa shape index (κ1) is 72.9. The van der Waals surface area contributed by atoms with Gasteiger partial charge in [-0.05, 0) is 25.7 Å². The van der Waals surface area contributed by atoms with Crippen molar-refractivity contribution in [2.75, 3.05) is 13.2 Å². The van der Waals surface area contributed by atoms with Crippen LogP contribution in [0.25, 0.3) is 0 Å². The minimum atomic E-state index is -0.664. The summed E-state index contributed by atoms with van der Waals surface area (Å²) in [6.07, 6.45) is 77.1. The number of nitrogens with one attached hydrogen (secondary N) is 1. The van der Waals surface area contributed by atoms with Gasteiger partial charge in [0.25, 0.3) is 0 Å². The molecule has 0 aromatic heterocycles. The van der Waals surface area contributed by atoms with Crippen molar-refractivity contribution < 1.29 is 24.5 Å². The summed E-state index contributed by atoms with van der Waals surface area (Å²) in [7, 11) is 0. The zero-order valence-electron chi connectivity index (χ0n) is 50.6. The molecule has 0 bridgehead atoms. The fourth-order valence-electron chi connectivity index (χ4n) is 11.2. The minimum absolute atomic E-state index is 0.0181. The van der Waals surface area contributed by atoms with E-state index in [0.29, 0.717) is 25.9 Å². The number of aliphatic hydroxyl groups excluding tert-OH is 2. The van der Waals surface area contributed by atoms with Crippen molar-refractivity contribution in [2.24, 2.45) is 0 Å². The molecule has 0 fully saturated rings. The van der Waals surface area contributed by atoms with Crippen molar-refractivity contribution in [3.63, 3.8) is 0 Å². The summed E-state index contributed by atoms with van der Waals surface area (Å²) in [5.41, 5.74) is 0. The standard InChI is InChI=1S/C68H135NO5/c1-3-5-7-9-11-13-15-17-19-20-21-27-30-33-36-40-44-48-52-56-60-66(71)65(64-70)69-67(72)61-57-53-49-45-41-37-34-31-28-25-23-22-24-26-29-32-35-39-43-47-51-55-59-63-74-68(73)62-58-54-50-46-42-38-18-16-14-12-10-8-6-4-2/h65-66,70-71H,3-64H2,1-2H3,(H,69,72). The van der Waals surface area contributed by atoms with E-state index in [1.54, 1.807) is 0 Å². The van der Waals surface area contributed by atoms with Gasteiger partial charge < -0.3 is 20.3 Å². The molecule has 6 heteroatoms. The minimum Gasteiger partial charge on any atom is -0.466 e. The number of aliphatic hydroxyl groups is 2. The highest BCUT2D eigenvalue weighted by Gasteiger charge is 2.20. The molecule has 0 radical (unpaired) electrons. The number of carbonyl (C=O) groups excluding carboxylic acids is 2. The lowest BCUT2D eigenvalue weighted by molar-refractivity contribution is -0.143. The van der Waals surface area contributed by atoms with E-state index in [1.165, 1.54) is 327 Å². The van der Waals surface area contributed by atoms with E-state index in [9.17, 15) is 19.8 Å². The van der Waals surface area contributed by atoms with Gasteiger partial charge in [-0.1, -0.05) is 361 Å². The van der Waals surface area contributed by atoms with Gasteiger partial charge in [0.15, 0.2) is 0 Å². The van der Waals surface area contributed by atoms with Crippen molar-refractivity contribution >= 4 is 11.9 Å². The molecule has 0 aliphatic rings. The van der Waals surface area contributed by atoms with E-state index in [4.69, 9.17) is 4.74 Å². The molecule has 442 valence electrons. The van der Waals surface area contributed by atoms with Gasteiger partial charge in [-0.15, -0.1) is 0 Å². The first-order valence-electron chi connectivity index (χ1n) is 34.3. The Kier molecular flexibility index (Phi) is 63.4. The third-order valence-electron chi connectivity index (χ3n) is 16.4. The van der Waals surface area contributed by atoms with Crippen LogP contribution in [0.3, 0.4) is 0 Å². The molecule has 0 aromatic rings. The number of esters is 1. The van der Waals surface area contributed by atoms with Crippen molar-refractivity contribution in [3.05, 3.63) is 0 Å². The van der Waals surface area contributed by atoms with Crippen LogP contribution in [0, 0.1) is 0 Å². The fraction of sp³-hybridized carbons (Fsp3) is 0.971. The monoisotopic (exact) mass is 1050 g/mol. The molecule has 0 spiro atoms. The molecule has 2 unspecified atom stereocenters. The Labute approximate surface area is 464 Å². The van der Waals surface area contributed by atoms with Crippen molar-refractivity contribution in [1.82, 2.24) is 5.32 Å². The first-order chi connectivity index (χ1) is 36.5. The van der Waals surface area contributed by atoms with Crippen molar-refractivity contribution in [2.45, 2.75) is 411 Å². The average Bonchev–Trinajstić information content (AvgIpc) is 3.40. The molecule has 0 saturated heterocycles. The molecule has 0 saturated carbocycles. The summed E-state index contributed by atoms with van der Waals surface area (Å²) in [5, 5.41) is 23.4. The van der Waals surface area contributed by atoms with E-state index in [1.807, 2.05) is 0 Å². The van der Waals surface area contributed by atoms with Crippen LogP contribution in [0.2, 0.25) is 0 Å². The molecule has 1 amide bonds. The molecule has 0 heterocycles. The summed E-state index contributed by atoms with van der Waals surface area (Å²) in [4.78, 5) is 24.6. The first-order valence-corrected chi connectivity index (χ1v) is 34.3. The highest BCUT2D eigenvalue weighted by atomic mass is 16.5. The third kappa shape index (κ3) is 60.1. The number of rotatable bonds is 65. The maximum atomic E-state index is 12.5. The SMILES string of the molecule is CCCCCCCCCCCCCCCCCCCCCCC(O)C(CO)NC(=O)CCCCCCCCCCCCCCCCCCCCCCCCCOC(=O)CCCCCCCCCCCCCCCC. The Morgan fingerprint density at radius 1 is 0.324 bits per heavy atom. The van der Waals surface area contributed by atoms with Crippen LogP contribution >= 0.6 is 0 Å². The van der Waals surface area contributed by atoms with Crippen LogP contribution in [0.1, 0.15) is 399 Å². The van der Waals surface area contributed by atoms with Gasteiger partial charge in [0.1, 0.15) is 0 Å². The molecule has 3 N–H and O–H groups in total. The number of amides is 1. The third-order valence-corrected chi connectivity index (χ3v) is 16.4. The topological polar surface area (TPSA) is 95.9 Å². The molecule has 0 aliphatic carbocycles. The van der Waals surface area contributed by atoms with Crippen LogP contribution in [0.4, 0.5) is 0 Å². The second-order valence-corrected chi connectivity index (χ2v) is 23.9. The van der Waals surface area contributed by atoms with E-state index in [-0.39, 0.29) is 18.5 Å². The number of hydrogen-bond donors (Lipinski definition) is 3. The zero-order chi connectivity index (χ0) is 53.6. The number of unbranched alkanes of at least 4 members (excludes halogenated alkanes) is 54. The van der Waals surface area contributed by atoms with Crippen molar-refractivity contribution in [3.8, 4) is 0 Å². The van der Waals surface area contributed by atoms with E-state index < -0.39 is 12.1 Å². The Morgan fingerprint density at radius 3 is 0.824 bits per heavy atom. The van der Waals surface area contributed by atoms with Gasteiger partial charge in [0.05, 0.1) is 25.4 Å². The molecule has 0 rings (SSSR count). The number of ether oxygens (including phenoxy) is 1. The Bertz CT molecular complexity index is 1070. The maximum Gasteiger partial charge on any atom is 0.305 e. The zero-order valence-corrected chi connectivity index (χ0v) is 50.6. The lowest BCUT2D eigenvalue weighted by Crippen LogP contribution is -2.45. The predicted octanol–water partition coefficient (Wildman–Crippen LogP) is 21.8. The normalized spacial score (nSPS) is 12.4. The molecule has 0 aromatic carbocycles. The van der Waals surface area contributed by atoms with Crippen LogP contribution in [0.15, 0.2) is 0 Å². The molecule has 6 nitrogen and oxygen atoms in total. The van der Waals surface area contributed by atoms with Gasteiger partial charge in [-0.2, -0.15) is 0 Å². The summed E-state index contributed by atoms with van der Waals surface area (Å²) in [6, 6.07) is -0.541. The smallest absolute Gasteiger partial charge is 0.305 e. The van der Waals surface area contributed by atoms with Crippen LogP contribution in [-0.4, -0.2) is 47.4 Å². The second kappa shape index (κ2) is 64.4. The van der Waals surface area contributed by atoms with Crippen LogP contribution < -0.4 is 5.32 Å². The number of hydrogen-bond acceptors (Lipinski definition) is 5. The van der Waals surface area contributed by atoms with Crippen LogP contribution in [0.5, 0.6) is 0 Å². The van der Waals surface area contributed by atoms with Gasteiger partial charge >= 0.3 is 5.97 Å². The largest absolute Gasteiger partial charge is 0.466 e. The molecule has 2 atom stereocenters. The van der Waals surface area contributed by atoms with Gasteiger partial charge in [-0.25, -0.2) is 0 Å². The number of carbonyl (C=O) groups is 2. The van der Waals surface area contributed by atoms with E-state index in [0.717, 1.165) is 38.5 Å². The summed E-state index contributed by atoms with van der Waals surface area (Å²) in [5.74, 6) is -0.0112. The highest BCUT2D eigenvalue weighted by Crippen LogP contribution is 2.19. The Morgan fingerprint density at radius 2 is 0.554 bits per heavy atom. The second-order valence-electron chi connectivity index (χ2n) is 23.9. The average molecular weight is 1050 g/mol. The van der Waals surface area contributed by atoms with E-state index in [2.05, 4.69) is 19.2 Å². The predicted molar refractivity (Wildman–Crippen MR) is 324 cm³/mol. The fourth-order valence-corrected chi connectivity index (χ4v) is 11.2. The summed E-state index contributed by atoms with van der Waals surface area (Å²) >= 11 is 0. The summed E-state index contributed by atoms with van der Waals surface area (Å²) < 4.78 is 5.49. The maximum absolute atomic E-state index is 12.5. The highest BCUT2D eigenvalue weighted by molar-refractivity contribution is 5.76. The molecular weight excluding hydrogens is 911 g/mol. The van der Waals surface area contributed by atoms with Crippen molar-refractivity contribution in [1.29, 1.82) is 0 Å². The van der Waals surface area contributed by atoms with Gasteiger partial charge in [0.2, 0.25) is 5.91 Å². The lowest BCUT2D eigenvalue weighted by Gasteiger charge is -2.22. The molecule has 74 heavy (non-hydrogen) atoms. The molecule has 0 aliphatic heterocycles. The Balaban J connectivity index is 3.36. The van der Waals surface area contributed by atoms with Crippen LogP contribution in [-0.2, 0) is 14.3 Å². The van der Waals surface area contributed by atoms with E-state index >= 15 is 0 Å². The van der Waals surface area contributed by atoms with Gasteiger partial charge in [-0.3, -0.25) is 9.59 Å². The Hall–Kier alpha value is -1.14. The lowest BCUT2D eigenvalue weighted by atomic mass is 10.0. The van der Waals surface area contributed by atoms with Gasteiger partial charge in [0, 0.05) is 12.8 Å². The quantitative estimate of drug-likeness (QED) is 0.0417.